The summed E-state index contributed by atoms with van der Waals surface area (Å²) in [7, 11) is 3.05. The Balaban J connectivity index is 2.17. The number of benzene rings is 1. The van der Waals surface area contributed by atoms with Crippen LogP contribution in [0.3, 0.4) is 0 Å². The largest absolute Gasteiger partial charge is 0.493 e. The summed E-state index contributed by atoms with van der Waals surface area (Å²) in [6.07, 6.45) is 0. The van der Waals surface area contributed by atoms with E-state index in [-0.39, 0.29) is 11.8 Å². The van der Waals surface area contributed by atoms with E-state index in [9.17, 15) is 4.79 Å². The second kappa shape index (κ2) is 5.25. The van der Waals surface area contributed by atoms with E-state index >= 15 is 0 Å². The van der Waals surface area contributed by atoms with Crippen LogP contribution in [0, 0.1) is 0 Å². The number of nitrogens with zero attached hydrogens (tertiary/aromatic N) is 2. The van der Waals surface area contributed by atoms with Crippen molar-refractivity contribution in [2.24, 2.45) is 0 Å². The number of anilines is 2. The van der Waals surface area contributed by atoms with Gasteiger partial charge in [0.1, 0.15) is 0 Å². The van der Waals surface area contributed by atoms with E-state index in [4.69, 9.17) is 15.2 Å². The van der Waals surface area contributed by atoms with Crippen molar-refractivity contribution in [1.82, 2.24) is 15.2 Å². The van der Waals surface area contributed by atoms with E-state index in [1.807, 2.05) is 0 Å². The maximum atomic E-state index is 11.8. The molecule has 1 amide bonds. The van der Waals surface area contributed by atoms with Gasteiger partial charge in [-0.1, -0.05) is 0 Å². The molecule has 0 aliphatic heterocycles. The van der Waals surface area contributed by atoms with Crippen LogP contribution in [0.2, 0.25) is 0 Å². The number of nitrogens with two attached hydrogens (primary N) is 1. The van der Waals surface area contributed by atoms with Gasteiger partial charge in [-0.3, -0.25) is 9.89 Å². The Morgan fingerprint density at radius 2 is 2.05 bits per heavy atom. The number of aromatic amines is 1. The Bertz CT molecular complexity index is 596. The summed E-state index contributed by atoms with van der Waals surface area (Å²) in [4.78, 5) is 15.5. The van der Waals surface area contributed by atoms with Gasteiger partial charge < -0.3 is 20.5 Å². The normalized spacial score (nSPS) is 10.0. The van der Waals surface area contributed by atoms with Crippen molar-refractivity contribution in [2.45, 2.75) is 0 Å². The molecule has 0 saturated heterocycles. The zero-order valence-electron chi connectivity index (χ0n) is 10.4. The first kappa shape index (κ1) is 12.7. The zero-order chi connectivity index (χ0) is 13.8. The first-order chi connectivity index (χ1) is 9.13. The van der Waals surface area contributed by atoms with Gasteiger partial charge in [0.15, 0.2) is 11.5 Å². The van der Waals surface area contributed by atoms with Crippen LogP contribution >= 0.6 is 0 Å². The molecule has 1 heterocycles. The molecule has 1 aromatic carbocycles. The first-order valence-electron chi connectivity index (χ1n) is 5.35. The number of hydrogen-bond acceptors (Lipinski definition) is 6. The molecular formula is C11H13N5O3. The van der Waals surface area contributed by atoms with Crippen molar-refractivity contribution in [3.63, 3.8) is 0 Å². The first-order valence-corrected chi connectivity index (χ1v) is 5.35. The summed E-state index contributed by atoms with van der Waals surface area (Å²) in [5.74, 6) is 0.683. The van der Waals surface area contributed by atoms with Gasteiger partial charge in [-0.15, -0.1) is 5.10 Å². The summed E-state index contributed by atoms with van der Waals surface area (Å²) in [6.45, 7) is 0. The number of nitrogen functional groups attached to an aromatic ring is 1. The standard InChI is InChI=1S/C11H13N5O3/c1-18-7-4-3-6(5-8(7)19-2)13-10(17)9-14-11(12)16-15-9/h3-5H,1-2H3,(H,13,17)(H3,12,14,15,16). The molecule has 19 heavy (non-hydrogen) atoms. The molecule has 0 bridgehead atoms. The average molecular weight is 263 g/mol. The minimum atomic E-state index is -0.448. The Hall–Kier alpha value is -2.77. The molecule has 0 aliphatic carbocycles. The van der Waals surface area contributed by atoms with E-state index in [0.717, 1.165) is 0 Å². The van der Waals surface area contributed by atoms with E-state index in [0.29, 0.717) is 17.2 Å². The minimum Gasteiger partial charge on any atom is -0.493 e. The fourth-order valence-electron chi connectivity index (χ4n) is 1.48. The van der Waals surface area contributed by atoms with E-state index < -0.39 is 5.91 Å². The summed E-state index contributed by atoms with van der Waals surface area (Å²) in [5, 5.41) is 8.63. The lowest BCUT2D eigenvalue weighted by atomic mass is 10.2. The molecule has 0 aliphatic rings. The molecule has 4 N–H and O–H groups in total. The van der Waals surface area contributed by atoms with Crippen LogP contribution in [0.4, 0.5) is 11.6 Å². The molecule has 0 atom stereocenters. The van der Waals surface area contributed by atoms with Crippen LogP contribution in [0.15, 0.2) is 18.2 Å². The predicted octanol–water partition coefficient (Wildman–Crippen LogP) is 0.656. The summed E-state index contributed by atoms with van der Waals surface area (Å²) in [5.41, 5.74) is 5.86. The topological polar surface area (TPSA) is 115 Å². The molecule has 2 aromatic rings. The maximum absolute atomic E-state index is 11.8. The van der Waals surface area contributed by atoms with Gasteiger partial charge in [0, 0.05) is 11.8 Å². The third-order valence-corrected chi connectivity index (χ3v) is 2.36. The number of aromatic nitrogens is 3. The molecular weight excluding hydrogens is 250 g/mol. The molecule has 0 radical (unpaired) electrons. The number of carbonyl (C=O) groups excluding carboxylic acids is 1. The monoisotopic (exact) mass is 263 g/mol. The molecule has 2 rings (SSSR count). The molecule has 0 spiro atoms. The van der Waals surface area contributed by atoms with Crippen molar-refractivity contribution >= 4 is 17.5 Å². The fourth-order valence-corrected chi connectivity index (χ4v) is 1.48. The lowest BCUT2D eigenvalue weighted by Crippen LogP contribution is -2.14. The van der Waals surface area contributed by atoms with Gasteiger partial charge in [-0.2, -0.15) is 4.98 Å². The predicted molar refractivity (Wildman–Crippen MR) is 68.3 cm³/mol. The van der Waals surface area contributed by atoms with E-state index in [2.05, 4.69) is 20.5 Å². The van der Waals surface area contributed by atoms with Crippen LogP contribution in [-0.2, 0) is 0 Å². The Labute approximate surface area is 108 Å². The lowest BCUT2D eigenvalue weighted by molar-refractivity contribution is 0.101. The van der Waals surface area contributed by atoms with Gasteiger partial charge in [-0.25, -0.2) is 0 Å². The van der Waals surface area contributed by atoms with Gasteiger partial charge in [0.25, 0.3) is 5.91 Å². The summed E-state index contributed by atoms with van der Waals surface area (Å²) < 4.78 is 10.2. The average Bonchev–Trinajstić information content (AvgIpc) is 2.85. The highest BCUT2D eigenvalue weighted by Gasteiger charge is 2.12. The van der Waals surface area contributed by atoms with Crippen LogP contribution in [0.5, 0.6) is 11.5 Å². The highest BCUT2D eigenvalue weighted by molar-refractivity contribution is 6.01. The Morgan fingerprint density at radius 3 is 2.63 bits per heavy atom. The molecule has 0 fully saturated rings. The number of hydrogen-bond donors (Lipinski definition) is 3. The molecule has 1 aromatic heterocycles. The summed E-state index contributed by atoms with van der Waals surface area (Å²) in [6, 6.07) is 5.00. The molecule has 0 saturated carbocycles. The number of methoxy groups -OCH3 is 2. The van der Waals surface area contributed by atoms with Gasteiger partial charge in [0.05, 0.1) is 14.2 Å². The number of carbonyl (C=O) groups is 1. The van der Waals surface area contributed by atoms with Crippen molar-refractivity contribution < 1.29 is 14.3 Å². The van der Waals surface area contributed by atoms with Gasteiger partial charge >= 0.3 is 0 Å². The maximum Gasteiger partial charge on any atom is 0.293 e. The Morgan fingerprint density at radius 1 is 1.32 bits per heavy atom. The molecule has 8 nitrogen and oxygen atoms in total. The number of rotatable bonds is 4. The number of H-pyrrole nitrogens is 1. The van der Waals surface area contributed by atoms with Crippen LogP contribution in [0.25, 0.3) is 0 Å². The van der Waals surface area contributed by atoms with E-state index in [1.54, 1.807) is 18.2 Å². The second-order valence-electron chi connectivity index (χ2n) is 3.57. The highest BCUT2D eigenvalue weighted by atomic mass is 16.5. The van der Waals surface area contributed by atoms with Crippen molar-refractivity contribution in [3.8, 4) is 11.5 Å². The quantitative estimate of drug-likeness (QED) is 0.746. The molecule has 0 unspecified atom stereocenters. The van der Waals surface area contributed by atoms with Crippen molar-refractivity contribution in [1.29, 1.82) is 0 Å². The lowest BCUT2D eigenvalue weighted by Gasteiger charge is -2.09. The highest BCUT2D eigenvalue weighted by Crippen LogP contribution is 2.29. The van der Waals surface area contributed by atoms with Crippen LogP contribution < -0.4 is 20.5 Å². The van der Waals surface area contributed by atoms with Gasteiger partial charge in [0.2, 0.25) is 11.8 Å². The number of ether oxygens (including phenoxy) is 2. The van der Waals surface area contributed by atoms with Crippen LogP contribution in [0.1, 0.15) is 10.6 Å². The SMILES string of the molecule is COc1ccc(NC(=O)c2nc(N)n[nH]2)cc1OC. The number of nitrogens with one attached hydrogen (secondary N) is 2. The molecule has 8 heteroatoms. The van der Waals surface area contributed by atoms with Crippen molar-refractivity contribution in [2.75, 3.05) is 25.3 Å². The summed E-state index contributed by atoms with van der Waals surface area (Å²) >= 11 is 0. The zero-order valence-corrected chi connectivity index (χ0v) is 10.4. The third-order valence-electron chi connectivity index (χ3n) is 2.36. The third kappa shape index (κ3) is 2.73. The fraction of sp³-hybridized carbons (Fsp3) is 0.182. The van der Waals surface area contributed by atoms with Crippen LogP contribution in [-0.4, -0.2) is 35.3 Å². The Kier molecular flexibility index (Phi) is 3.51. The van der Waals surface area contributed by atoms with Gasteiger partial charge in [-0.05, 0) is 12.1 Å². The number of amides is 1. The smallest absolute Gasteiger partial charge is 0.293 e. The minimum absolute atomic E-state index is 0.0115. The van der Waals surface area contributed by atoms with E-state index in [1.165, 1.54) is 14.2 Å². The van der Waals surface area contributed by atoms with Crippen molar-refractivity contribution in [3.05, 3.63) is 24.0 Å². The second-order valence-corrected chi connectivity index (χ2v) is 3.57. The molecule has 100 valence electrons.